The van der Waals surface area contributed by atoms with Crippen molar-refractivity contribution in [2.45, 2.75) is 12.5 Å². The van der Waals surface area contributed by atoms with E-state index >= 15 is 0 Å². The van der Waals surface area contributed by atoms with Crippen molar-refractivity contribution in [2.75, 3.05) is 0 Å². The van der Waals surface area contributed by atoms with Gasteiger partial charge in [-0.05, 0) is 6.42 Å². The lowest BCUT2D eigenvalue weighted by molar-refractivity contribution is -0.119. The van der Waals surface area contributed by atoms with E-state index in [-0.39, 0.29) is 11.9 Å². The van der Waals surface area contributed by atoms with E-state index in [1.165, 1.54) is 0 Å². The fourth-order valence-electron chi connectivity index (χ4n) is 0.605. The van der Waals surface area contributed by atoms with Gasteiger partial charge in [-0.15, -0.1) is 0 Å². The Bertz CT molecular complexity index is 122. The zero-order chi connectivity index (χ0) is 5.98. The number of rotatable bonds is 1. The smallest absolute Gasteiger partial charge is 0.242 e. The van der Waals surface area contributed by atoms with Crippen molar-refractivity contribution in [3.05, 3.63) is 12.3 Å². The molecule has 1 heterocycles. The Balaban J connectivity index is 2.41. The second-order valence-corrected chi connectivity index (χ2v) is 1.69. The topological polar surface area (TPSA) is 57.2 Å². The zero-order valence-corrected chi connectivity index (χ0v) is 4.37. The molecule has 1 atom stereocenters. The molecular weight excluding hydrogens is 104 g/mol. The summed E-state index contributed by atoms with van der Waals surface area (Å²) in [4.78, 5) is 10.3. The maximum atomic E-state index is 10.3. The first-order chi connectivity index (χ1) is 3.80. The summed E-state index contributed by atoms with van der Waals surface area (Å²) < 4.78 is 0. The number of nitrogens with zero attached hydrogens (tertiary/aromatic N) is 1. The van der Waals surface area contributed by atoms with Crippen LogP contribution in [0.2, 0.25) is 0 Å². The summed E-state index contributed by atoms with van der Waals surface area (Å²) in [7, 11) is 0. The van der Waals surface area contributed by atoms with Crippen molar-refractivity contribution >= 4 is 5.91 Å². The van der Waals surface area contributed by atoms with Gasteiger partial charge in [-0.1, -0.05) is 6.08 Å². The van der Waals surface area contributed by atoms with Gasteiger partial charge in [-0.2, -0.15) is 0 Å². The first-order valence-corrected chi connectivity index (χ1v) is 2.45. The highest BCUT2D eigenvalue weighted by Gasteiger charge is 2.15. The molecule has 0 aromatic heterocycles. The monoisotopic (exact) mass is 111 g/mol. The molecule has 0 aromatic rings. The maximum Gasteiger partial charge on any atom is 0.242 e. The second-order valence-electron chi connectivity index (χ2n) is 1.69. The summed E-state index contributed by atoms with van der Waals surface area (Å²) in [5.41, 5.74) is 4.93. The molecule has 3 heteroatoms. The first-order valence-electron chi connectivity index (χ1n) is 2.45. The number of carbonyl (C=O) groups excluding carboxylic acids is 1. The Morgan fingerprint density at radius 1 is 1.88 bits per heavy atom. The normalized spacial score (nSPS) is 25.2. The van der Waals surface area contributed by atoms with Crippen LogP contribution in [-0.4, -0.2) is 11.9 Å². The van der Waals surface area contributed by atoms with Crippen LogP contribution < -0.4 is 11.1 Å². The number of primary amides is 1. The summed E-state index contributed by atoms with van der Waals surface area (Å²) in [5.74, 6) is -0.338. The van der Waals surface area contributed by atoms with Gasteiger partial charge in [0.1, 0.15) is 6.04 Å². The lowest BCUT2D eigenvalue weighted by Gasteiger charge is -1.99. The fraction of sp³-hybridized carbons (Fsp3) is 0.400. The molecule has 3 nitrogen and oxygen atoms in total. The lowest BCUT2D eigenvalue weighted by Crippen LogP contribution is -2.31. The van der Waals surface area contributed by atoms with Gasteiger partial charge in [0, 0.05) is 6.20 Å². The van der Waals surface area contributed by atoms with Crippen LogP contribution in [0.3, 0.4) is 0 Å². The third kappa shape index (κ3) is 0.804. The average Bonchev–Trinajstić information content (AvgIpc) is 2.12. The summed E-state index contributed by atoms with van der Waals surface area (Å²) >= 11 is 0. The molecule has 0 spiro atoms. The molecule has 2 N–H and O–H groups in total. The van der Waals surface area contributed by atoms with E-state index in [1.807, 2.05) is 6.08 Å². The van der Waals surface area contributed by atoms with Crippen LogP contribution >= 0.6 is 0 Å². The lowest BCUT2D eigenvalue weighted by atomic mass is 10.2. The molecule has 0 saturated carbocycles. The maximum absolute atomic E-state index is 10.3. The third-order valence-corrected chi connectivity index (χ3v) is 1.06. The molecule has 0 aromatic carbocycles. The Morgan fingerprint density at radius 2 is 2.62 bits per heavy atom. The molecule has 1 rings (SSSR count). The Kier molecular flexibility index (Phi) is 1.20. The zero-order valence-electron chi connectivity index (χ0n) is 4.37. The van der Waals surface area contributed by atoms with Gasteiger partial charge in [-0.3, -0.25) is 10.1 Å². The molecule has 1 amide bonds. The van der Waals surface area contributed by atoms with E-state index in [2.05, 4.69) is 5.32 Å². The van der Waals surface area contributed by atoms with E-state index in [4.69, 9.17) is 5.73 Å². The van der Waals surface area contributed by atoms with Crippen LogP contribution in [0.4, 0.5) is 0 Å². The predicted molar refractivity (Wildman–Crippen MR) is 28.9 cm³/mol. The number of carbonyl (C=O) groups is 1. The quantitative estimate of drug-likeness (QED) is 0.481. The number of amides is 1. The Hall–Kier alpha value is -0.990. The fourth-order valence-corrected chi connectivity index (χ4v) is 0.605. The second kappa shape index (κ2) is 1.86. The highest BCUT2D eigenvalue weighted by atomic mass is 16.1. The van der Waals surface area contributed by atoms with Crippen LogP contribution in [0.1, 0.15) is 6.42 Å². The summed E-state index contributed by atoms with van der Waals surface area (Å²) in [6, 6.07) is -0.282. The molecule has 0 aliphatic carbocycles. The first kappa shape index (κ1) is 5.15. The molecule has 0 bridgehead atoms. The van der Waals surface area contributed by atoms with Gasteiger partial charge < -0.3 is 5.73 Å². The van der Waals surface area contributed by atoms with Crippen molar-refractivity contribution in [1.29, 1.82) is 0 Å². The molecule has 0 fully saturated rings. The summed E-state index contributed by atoms with van der Waals surface area (Å²) in [6.07, 6.45) is 4.13. The predicted octanol–water partition coefficient (Wildman–Crippen LogP) is -0.638. The minimum Gasteiger partial charge on any atom is -0.368 e. The van der Waals surface area contributed by atoms with Crippen LogP contribution in [0.25, 0.3) is 0 Å². The van der Waals surface area contributed by atoms with E-state index in [0.717, 1.165) is 0 Å². The largest absolute Gasteiger partial charge is 0.368 e. The van der Waals surface area contributed by atoms with Crippen LogP contribution in [0.5, 0.6) is 0 Å². The van der Waals surface area contributed by atoms with Crippen molar-refractivity contribution in [2.24, 2.45) is 5.73 Å². The van der Waals surface area contributed by atoms with Crippen molar-refractivity contribution in [3.8, 4) is 0 Å². The Morgan fingerprint density at radius 3 is 2.88 bits per heavy atom. The van der Waals surface area contributed by atoms with E-state index in [0.29, 0.717) is 6.42 Å². The minimum atomic E-state index is -0.338. The molecule has 43 valence electrons. The van der Waals surface area contributed by atoms with Crippen molar-refractivity contribution in [3.63, 3.8) is 0 Å². The minimum absolute atomic E-state index is 0.282. The number of hydrogen-bond acceptors (Lipinski definition) is 1. The van der Waals surface area contributed by atoms with E-state index in [9.17, 15) is 4.79 Å². The molecule has 1 aliphatic rings. The van der Waals surface area contributed by atoms with E-state index < -0.39 is 0 Å². The SMILES string of the molecule is NC(=O)C1CC=C[N]1. The molecular formula is C5H7N2O. The molecule has 8 heavy (non-hydrogen) atoms. The highest BCUT2D eigenvalue weighted by molar-refractivity contribution is 5.80. The van der Waals surface area contributed by atoms with E-state index in [1.54, 1.807) is 6.20 Å². The highest BCUT2D eigenvalue weighted by Crippen LogP contribution is 2.00. The van der Waals surface area contributed by atoms with Crippen LogP contribution in [0, 0.1) is 0 Å². The van der Waals surface area contributed by atoms with Crippen molar-refractivity contribution < 1.29 is 4.79 Å². The molecule has 1 aliphatic heterocycles. The molecule has 1 unspecified atom stereocenters. The number of hydrogen-bond donors (Lipinski definition) is 1. The third-order valence-electron chi connectivity index (χ3n) is 1.06. The summed E-state index contributed by atoms with van der Waals surface area (Å²) in [6.45, 7) is 0. The molecule has 0 saturated heterocycles. The Labute approximate surface area is 47.6 Å². The number of nitrogens with two attached hydrogens (primary N) is 1. The standard InChI is InChI=1S/C5H7N2O/c6-5(8)4-2-1-3-7-4/h1,3-4H,2H2,(H2,6,8). The average molecular weight is 111 g/mol. The van der Waals surface area contributed by atoms with Gasteiger partial charge in [0.2, 0.25) is 5.91 Å². The van der Waals surface area contributed by atoms with Gasteiger partial charge >= 0.3 is 0 Å². The van der Waals surface area contributed by atoms with Gasteiger partial charge in [-0.25, -0.2) is 0 Å². The summed E-state index contributed by atoms with van der Waals surface area (Å²) in [5, 5.41) is 3.78. The van der Waals surface area contributed by atoms with Gasteiger partial charge in [0.25, 0.3) is 0 Å². The van der Waals surface area contributed by atoms with Gasteiger partial charge in [0.15, 0.2) is 0 Å². The molecule has 1 radical (unpaired) electrons. The van der Waals surface area contributed by atoms with Crippen LogP contribution in [0.15, 0.2) is 12.3 Å². The van der Waals surface area contributed by atoms with Crippen molar-refractivity contribution in [1.82, 2.24) is 5.32 Å². The van der Waals surface area contributed by atoms with Gasteiger partial charge in [0.05, 0.1) is 0 Å². The van der Waals surface area contributed by atoms with Crippen LogP contribution in [-0.2, 0) is 4.79 Å².